The molecule has 7 heteroatoms. The van der Waals surface area contributed by atoms with E-state index in [1.165, 1.54) is 30.5 Å². The van der Waals surface area contributed by atoms with Gasteiger partial charge in [0, 0.05) is 18.8 Å². The smallest absolute Gasteiger partial charge is 0.311 e. The second kappa shape index (κ2) is 5.98. The average Bonchev–Trinajstić information content (AvgIpc) is 2.45. The number of benzene rings is 1. The molecule has 2 aromatic rings. The van der Waals surface area contributed by atoms with E-state index in [1.807, 2.05) is 0 Å². The molecule has 3 N–H and O–H groups in total. The second-order valence-electron chi connectivity index (χ2n) is 4.12. The van der Waals surface area contributed by atoms with Crippen molar-refractivity contribution in [2.45, 2.75) is 6.10 Å². The van der Waals surface area contributed by atoms with Crippen LogP contribution in [0, 0.1) is 10.1 Å². The molecule has 0 spiro atoms. The number of phenols is 1. The van der Waals surface area contributed by atoms with E-state index in [2.05, 4.69) is 10.3 Å². The van der Waals surface area contributed by atoms with Crippen LogP contribution in [-0.2, 0) is 0 Å². The molecule has 104 valence electrons. The minimum Gasteiger partial charge on any atom is -0.508 e. The van der Waals surface area contributed by atoms with Crippen LogP contribution in [0.2, 0.25) is 0 Å². The molecule has 7 nitrogen and oxygen atoms in total. The molecule has 0 radical (unpaired) electrons. The number of phenolic OH excluding ortho intramolecular Hbond substituents is 1. The number of hydrogen-bond acceptors (Lipinski definition) is 6. The first-order chi connectivity index (χ1) is 9.58. The molecule has 1 aromatic heterocycles. The lowest BCUT2D eigenvalue weighted by Crippen LogP contribution is -2.13. The minimum absolute atomic E-state index is 0.0721. The van der Waals surface area contributed by atoms with Crippen molar-refractivity contribution in [1.29, 1.82) is 0 Å². The zero-order chi connectivity index (χ0) is 14.5. The van der Waals surface area contributed by atoms with E-state index in [4.69, 9.17) is 5.11 Å². The Labute approximate surface area is 114 Å². The molecule has 0 bridgehead atoms. The van der Waals surface area contributed by atoms with E-state index in [-0.39, 0.29) is 23.8 Å². The van der Waals surface area contributed by atoms with E-state index in [0.717, 1.165) is 0 Å². The molecule has 0 aliphatic carbocycles. The monoisotopic (exact) mass is 275 g/mol. The van der Waals surface area contributed by atoms with Gasteiger partial charge in [0.2, 0.25) is 5.82 Å². The quantitative estimate of drug-likeness (QED) is 0.567. The molecule has 0 aliphatic heterocycles. The zero-order valence-corrected chi connectivity index (χ0v) is 10.4. The number of hydrogen-bond donors (Lipinski definition) is 3. The second-order valence-corrected chi connectivity index (χ2v) is 4.12. The first-order valence-electron chi connectivity index (χ1n) is 5.88. The van der Waals surface area contributed by atoms with Crippen LogP contribution in [0.1, 0.15) is 11.7 Å². The third kappa shape index (κ3) is 3.21. The highest BCUT2D eigenvalue weighted by Crippen LogP contribution is 2.22. The number of pyridine rings is 1. The first-order valence-corrected chi connectivity index (χ1v) is 5.88. The predicted molar refractivity (Wildman–Crippen MR) is 72.4 cm³/mol. The SMILES string of the molecule is O=[N+]([O-])c1cccnc1NCC(O)c1ccc(O)cc1. The average molecular weight is 275 g/mol. The highest BCUT2D eigenvalue weighted by Gasteiger charge is 2.15. The normalized spacial score (nSPS) is 11.8. The van der Waals surface area contributed by atoms with Crippen molar-refractivity contribution in [3.63, 3.8) is 0 Å². The number of aliphatic hydroxyl groups excluding tert-OH is 1. The summed E-state index contributed by atoms with van der Waals surface area (Å²) < 4.78 is 0. The number of aliphatic hydroxyl groups is 1. The van der Waals surface area contributed by atoms with Crippen molar-refractivity contribution >= 4 is 11.5 Å². The summed E-state index contributed by atoms with van der Waals surface area (Å²) in [5.41, 5.74) is 0.444. The zero-order valence-electron chi connectivity index (χ0n) is 10.4. The van der Waals surface area contributed by atoms with Crippen LogP contribution < -0.4 is 5.32 Å². The van der Waals surface area contributed by atoms with Gasteiger partial charge in [0.15, 0.2) is 0 Å². The van der Waals surface area contributed by atoms with Crippen LogP contribution >= 0.6 is 0 Å². The lowest BCUT2D eigenvalue weighted by Gasteiger charge is -2.12. The molecule has 20 heavy (non-hydrogen) atoms. The van der Waals surface area contributed by atoms with Crippen LogP contribution in [0.3, 0.4) is 0 Å². The van der Waals surface area contributed by atoms with Gasteiger partial charge in [0.05, 0.1) is 11.0 Å². The number of anilines is 1. The maximum Gasteiger partial charge on any atom is 0.311 e. The van der Waals surface area contributed by atoms with Gasteiger partial charge in [-0.2, -0.15) is 0 Å². The molecule has 0 aliphatic rings. The Morgan fingerprint density at radius 3 is 2.65 bits per heavy atom. The van der Waals surface area contributed by atoms with Crippen molar-refractivity contribution in [3.05, 3.63) is 58.3 Å². The summed E-state index contributed by atoms with van der Waals surface area (Å²) >= 11 is 0. The number of aromatic nitrogens is 1. The van der Waals surface area contributed by atoms with E-state index in [9.17, 15) is 15.2 Å². The van der Waals surface area contributed by atoms with Gasteiger partial charge in [-0.1, -0.05) is 12.1 Å². The molecule has 2 rings (SSSR count). The molecular weight excluding hydrogens is 262 g/mol. The van der Waals surface area contributed by atoms with E-state index in [1.54, 1.807) is 12.1 Å². The van der Waals surface area contributed by atoms with Crippen LogP contribution in [-0.4, -0.2) is 26.7 Å². The molecule has 1 atom stereocenters. The predicted octanol–water partition coefficient (Wildman–Crippen LogP) is 1.84. The van der Waals surface area contributed by atoms with Crippen molar-refractivity contribution in [2.24, 2.45) is 0 Å². The van der Waals surface area contributed by atoms with Crippen LogP contribution in [0.4, 0.5) is 11.5 Å². The minimum atomic E-state index is -0.864. The van der Waals surface area contributed by atoms with Gasteiger partial charge >= 0.3 is 5.69 Å². The summed E-state index contributed by atoms with van der Waals surface area (Å²) in [6, 6.07) is 8.88. The fraction of sp³-hybridized carbons (Fsp3) is 0.154. The molecule has 0 fully saturated rings. The van der Waals surface area contributed by atoms with E-state index >= 15 is 0 Å². The highest BCUT2D eigenvalue weighted by molar-refractivity contribution is 5.55. The van der Waals surface area contributed by atoms with Gasteiger partial charge in [0.25, 0.3) is 0 Å². The molecule has 1 aromatic carbocycles. The third-order valence-electron chi connectivity index (χ3n) is 2.72. The van der Waals surface area contributed by atoms with Crippen molar-refractivity contribution in [1.82, 2.24) is 4.98 Å². The van der Waals surface area contributed by atoms with Crippen LogP contribution in [0.5, 0.6) is 5.75 Å². The lowest BCUT2D eigenvalue weighted by atomic mass is 10.1. The van der Waals surface area contributed by atoms with Gasteiger partial charge in [0.1, 0.15) is 5.75 Å². The van der Waals surface area contributed by atoms with Gasteiger partial charge in [-0.25, -0.2) is 4.98 Å². The van der Waals surface area contributed by atoms with E-state index < -0.39 is 11.0 Å². The molecule has 0 saturated heterocycles. The highest BCUT2D eigenvalue weighted by atomic mass is 16.6. The number of rotatable bonds is 5. The summed E-state index contributed by atoms with van der Waals surface area (Å²) in [6.45, 7) is 0.0721. The number of nitrogens with zero attached hydrogens (tertiary/aromatic N) is 2. The summed E-state index contributed by atoms with van der Waals surface area (Å²) in [5, 5.41) is 32.7. The van der Waals surface area contributed by atoms with Crippen LogP contribution in [0.15, 0.2) is 42.6 Å². The topological polar surface area (TPSA) is 109 Å². The standard InChI is InChI=1S/C13H13N3O4/c17-10-5-3-9(4-6-10)12(18)8-15-13-11(16(19)20)2-1-7-14-13/h1-7,12,17-18H,8H2,(H,14,15). The van der Waals surface area contributed by atoms with Crippen LogP contribution in [0.25, 0.3) is 0 Å². The van der Waals surface area contributed by atoms with Gasteiger partial charge in [-0.05, 0) is 23.8 Å². The fourth-order valence-corrected chi connectivity index (χ4v) is 1.69. The number of nitro groups is 1. The van der Waals surface area contributed by atoms with E-state index in [0.29, 0.717) is 5.56 Å². The molecule has 1 unspecified atom stereocenters. The summed E-state index contributed by atoms with van der Waals surface area (Å²) in [5.74, 6) is 0.213. The Morgan fingerprint density at radius 1 is 1.30 bits per heavy atom. The summed E-state index contributed by atoms with van der Waals surface area (Å²) in [6.07, 6.45) is 0.569. The Kier molecular flexibility index (Phi) is 4.11. The molecule has 0 amide bonds. The van der Waals surface area contributed by atoms with Gasteiger partial charge in [-0.3, -0.25) is 10.1 Å². The van der Waals surface area contributed by atoms with Gasteiger partial charge < -0.3 is 15.5 Å². The summed E-state index contributed by atoms with van der Waals surface area (Å²) in [4.78, 5) is 14.1. The maximum atomic E-state index is 10.8. The Bertz CT molecular complexity index is 601. The van der Waals surface area contributed by atoms with Gasteiger partial charge in [-0.15, -0.1) is 0 Å². The molecule has 0 saturated carbocycles. The van der Waals surface area contributed by atoms with Crippen molar-refractivity contribution in [2.75, 3.05) is 11.9 Å². The molecule has 1 heterocycles. The van der Waals surface area contributed by atoms with Crippen molar-refractivity contribution in [3.8, 4) is 5.75 Å². The maximum absolute atomic E-state index is 10.8. The van der Waals surface area contributed by atoms with Crippen molar-refractivity contribution < 1.29 is 15.1 Å². The molecular formula is C13H13N3O4. The summed E-state index contributed by atoms with van der Waals surface area (Å²) in [7, 11) is 0. The lowest BCUT2D eigenvalue weighted by molar-refractivity contribution is -0.384. The Hall–Kier alpha value is -2.67. The third-order valence-corrected chi connectivity index (χ3v) is 2.72. The number of nitrogens with one attached hydrogen (secondary N) is 1. The Balaban J connectivity index is 2.05. The largest absolute Gasteiger partial charge is 0.508 e. The Morgan fingerprint density at radius 2 is 2.00 bits per heavy atom. The fourth-order valence-electron chi connectivity index (χ4n) is 1.69. The first kappa shape index (κ1) is 13.8. The number of aromatic hydroxyl groups is 1.